The maximum absolute atomic E-state index is 11.6. The van der Waals surface area contributed by atoms with E-state index in [-0.39, 0.29) is 16.4 Å². The second-order valence-corrected chi connectivity index (χ2v) is 6.20. The lowest BCUT2D eigenvalue weighted by Gasteiger charge is -2.35. The maximum Gasteiger partial charge on any atom is 0.220 e. The third-order valence-electron chi connectivity index (χ3n) is 3.51. The number of carbonyl (C=O) groups is 2. The highest BCUT2D eigenvalue weighted by molar-refractivity contribution is 8.00. The van der Waals surface area contributed by atoms with Crippen molar-refractivity contribution in [2.24, 2.45) is 0 Å². The van der Waals surface area contributed by atoms with E-state index in [0.717, 1.165) is 6.54 Å². The fourth-order valence-electron chi connectivity index (χ4n) is 2.29. The zero-order valence-corrected chi connectivity index (χ0v) is 11.7. The third kappa shape index (κ3) is 5.11. The van der Waals surface area contributed by atoms with E-state index < -0.39 is 0 Å². The van der Waals surface area contributed by atoms with E-state index in [1.54, 1.807) is 0 Å². The van der Waals surface area contributed by atoms with Gasteiger partial charge in [-0.1, -0.05) is 19.3 Å². The van der Waals surface area contributed by atoms with Gasteiger partial charge >= 0.3 is 0 Å². The third-order valence-corrected chi connectivity index (χ3v) is 4.93. The molecule has 0 atom stereocenters. The predicted octanol–water partition coefficient (Wildman–Crippen LogP) is 2.54. The maximum atomic E-state index is 11.6. The van der Waals surface area contributed by atoms with Crippen LogP contribution in [-0.2, 0) is 9.59 Å². The molecule has 4 heteroatoms. The van der Waals surface area contributed by atoms with E-state index in [2.05, 4.69) is 11.6 Å². The standard InChI is InChI=1S/C13H23NO2S/c1-11(15)6-7-12(16)14-10-13(17-2)8-4-3-5-9-13/h3-10H2,1-2H3,(H,14,16). The summed E-state index contributed by atoms with van der Waals surface area (Å²) in [5, 5.41) is 2.99. The Balaban J connectivity index is 2.31. The molecule has 17 heavy (non-hydrogen) atoms. The van der Waals surface area contributed by atoms with Gasteiger partial charge in [-0.3, -0.25) is 4.79 Å². The number of carbonyl (C=O) groups excluding carboxylic acids is 2. The van der Waals surface area contributed by atoms with Crippen LogP contribution in [0.2, 0.25) is 0 Å². The quantitative estimate of drug-likeness (QED) is 0.795. The summed E-state index contributed by atoms with van der Waals surface area (Å²) in [4.78, 5) is 22.4. The summed E-state index contributed by atoms with van der Waals surface area (Å²) in [5.74, 6) is 0.0941. The monoisotopic (exact) mass is 257 g/mol. The van der Waals surface area contributed by atoms with Crippen LogP contribution < -0.4 is 5.32 Å². The van der Waals surface area contributed by atoms with E-state index in [4.69, 9.17) is 0 Å². The van der Waals surface area contributed by atoms with Gasteiger partial charge in [0.15, 0.2) is 0 Å². The lowest BCUT2D eigenvalue weighted by atomic mass is 9.88. The number of amides is 1. The molecule has 0 aromatic carbocycles. The van der Waals surface area contributed by atoms with Crippen LogP contribution in [-0.4, -0.2) is 29.2 Å². The Morgan fingerprint density at radius 3 is 2.35 bits per heavy atom. The molecule has 0 aromatic heterocycles. The molecule has 3 nitrogen and oxygen atoms in total. The topological polar surface area (TPSA) is 46.2 Å². The van der Waals surface area contributed by atoms with Crippen LogP contribution in [0.3, 0.4) is 0 Å². The highest BCUT2D eigenvalue weighted by Gasteiger charge is 2.31. The molecule has 1 amide bonds. The molecule has 0 aromatic rings. The minimum absolute atomic E-state index is 0.0131. The summed E-state index contributed by atoms with van der Waals surface area (Å²) < 4.78 is 0.240. The van der Waals surface area contributed by atoms with Gasteiger partial charge in [-0.2, -0.15) is 11.8 Å². The number of hydrogen-bond donors (Lipinski definition) is 1. The molecule has 0 radical (unpaired) electrons. The van der Waals surface area contributed by atoms with Crippen LogP contribution in [0.5, 0.6) is 0 Å². The van der Waals surface area contributed by atoms with Gasteiger partial charge in [0.05, 0.1) is 0 Å². The normalized spacial score (nSPS) is 18.7. The van der Waals surface area contributed by atoms with Gasteiger partial charge in [0.2, 0.25) is 5.91 Å². The Morgan fingerprint density at radius 2 is 1.82 bits per heavy atom. The van der Waals surface area contributed by atoms with Gasteiger partial charge in [0.1, 0.15) is 5.78 Å². The van der Waals surface area contributed by atoms with E-state index >= 15 is 0 Å². The number of thioether (sulfide) groups is 1. The van der Waals surface area contributed by atoms with Crippen molar-refractivity contribution in [2.45, 2.75) is 56.6 Å². The molecule has 1 aliphatic carbocycles. The summed E-state index contributed by atoms with van der Waals surface area (Å²) in [6.07, 6.45) is 9.07. The SMILES string of the molecule is CSC1(CNC(=O)CCC(C)=O)CCCCC1. The van der Waals surface area contributed by atoms with Gasteiger partial charge in [0.25, 0.3) is 0 Å². The lowest BCUT2D eigenvalue weighted by Crippen LogP contribution is -2.41. The Morgan fingerprint density at radius 1 is 1.18 bits per heavy atom. The average molecular weight is 257 g/mol. The van der Waals surface area contributed by atoms with Crippen LogP contribution in [0, 0.1) is 0 Å². The molecular weight excluding hydrogens is 234 g/mol. The van der Waals surface area contributed by atoms with Crippen molar-refractivity contribution < 1.29 is 9.59 Å². The van der Waals surface area contributed by atoms with Gasteiger partial charge in [0, 0.05) is 24.1 Å². The van der Waals surface area contributed by atoms with Crippen molar-refractivity contribution >= 4 is 23.5 Å². The molecule has 1 rings (SSSR count). The molecule has 0 aliphatic heterocycles. The van der Waals surface area contributed by atoms with Crippen LogP contribution in [0.1, 0.15) is 51.9 Å². The molecule has 0 spiro atoms. The minimum Gasteiger partial charge on any atom is -0.355 e. The van der Waals surface area contributed by atoms with E-state index in [0.29, 0.717) is 12.8 Å². The average Bonchev–Trinajstić information content (AvgIpc) is 2.35. The first-order chi connectivity index (χ1) is 8.08. The molecule has 0 bridgehead atoms. The Bertz CT molecular complexity index is 273. The summed E-state index contributed by atoms with van der Waals surface area (Å²) in [7, 11) is 0. The minimum atomic E-state index is 0.0131. The molecule has 0 unspecified atom stereocenters. The molecular formula is C13H23NO2S. The van der Waals surface area contributed by atoms with E-state index in [1.807, 2.05) is 11.8 Å². The summed E-state index contributed by atoms with van der Waals surface area (Å²) in [6.45, 7) is 2.28. The molecule has 0 heterocycles. The van der Waals surface area contributed by atoms with Crippen LogP contribution in [0.15, 0.2) is 0 Å². The number of ketones is 1. The zero-order valence-electron chi connectivity index (χ0n) is 10.9. The highest BCUT2D eigenvalue weighted by atomic mass is 32.2. The van der Waals surface area contributed by atoms with Crippen molar-refractivity contribution in [1.29, 1.82) is 0 Å². The Kier molecular flexibility index (Phi) is 6.03. The van der Waals surface area contributed by atoms with Gasteiger partial charge in [-0.05, 0) is 26.0 Å². The molecule has 1 aliphatic rings. The van der Waals surface area contributed by atoms with Crippen LogP contribution in [0.25, 0.3) is 0 Å². The Labute approximate surface area is 108 Å². The summed E-state index contributed by atoms with van der Waals surface area (Å²) >= 11 is 1.88. The number of rotatable bonds is 6. The van der Waals surface area contributed by atoms with Gasteiger partial charge in [-0.25, -0.2) is 0 Å². The van der Waals surface area contributed by atoms with Crippen molar-refractivity contribution in [1.82, 2.24) is 5.32 Å². The van der Waals surface area contributed by atoms with Crippen molar-refractivity contribution in [3.63, 3.8) is 0 Å². The van der Waals surface area contributed by atoms with Gasteiger partial charge in [-0.15, -0.1) is 0 Å². The first kappa shape index (κ1) is 14.6. The fraction of sp³-hybridized carbons (Fsp3) is 0.846. The Hall–Kier alpha value is -0.510. The molecule has 1 saturated carbocycles. The first-order valence-electron chi connectivity index (χ1n) is 6.39. The van der Waals surface area contributed by atoms with Crippen molar-refractivity contribution in [2.75, 3.05) is 12.8 Å². The van der Waals surface area contributed by atoms with E-state index in [1.165, 1.54) is 39.0 Å². The summed E-state index contributed by atoms with van der Waals surface area (Å²) in [5.41, 5.74) is 0. The fourth-order valence-corrected chi connectivity index (χ4v) is 3.20. The van der Waals surface area contributed by atoms with Crippen molar-refractivity contribution in [3.8, 4) is 0 Å². The van der Waals surface area contributed by atoms with Gasteiger partial charge < -0.3 is 10.1 Å². The second kappa shape index (κ2) is 7.04. The first-order valence-corrected chi connectivity index (χ1v) is 7.62. The van der Waals surface area contributed by atoms with Crippen molar-refractivity contribution in [3.05, 3.63) is 0 Å². The molecule has 1 N–H and O–H groups in total. The largest absolute Gasteiger partial charge is 0.355 e. The van der Waals surface area contributed by atoms with E-state index in [9.17, 15) is 9.59 Å². The predicted molar refractivity (Wildman–Crippen MR) is 72.3 cm³/mol. The molecule has 0 saturated heterocycles. The van der Waals surface area contributed by atoms with Crippen LogP contribution >= 0.6 is 11.8 Å². The molecule has 1 fully saturated rings. The highest BCUT2D eigenvalue weighted by Crippen LogP contribution is 2.37. The number of Topliss-reactive ketones (excluding diaryl/α,β-unsaturated/α-hetero) is 1. The summed E-state index contributed by atoms with van der Waals surface area (Å²) in [6, 6.07) is 0. The zero-order chi connectivity index (χ0) is 12.7. The lowest BCUT2D eigenvalue weighted by molar-refractivity contribution is -0.124. The smallest absolute Gasteiger partial charge is 0.220 e. The van der Waals surface area contributed by atoms with Crippen LogP contribution in [0.4, 0.5) is 0 Å². The number of hydrogen-bond acceptors (Lipinski definition) is 3. The number of nitrogens with one attached hydrogen (secondary N) is 1. The molecule has 98 valence electrons. The second-order valence-electron chi connectivity index (χ2n) is 4.93.